The third-order valence-corrected chi connectivity index (χ3v) is 3.31. The average molecular weight is 290 g/mol. The van der Waals surface area contributed by atoms with Crippen molar-refractivity contribution in [2.75, 3.05) is 0 Å². The van der Waals surface area contributed by atoms with Gasteiger partial charge in [0.2, 0.25) is 0 Å². The lowest BCUT2D eigenvalue weighted by atomic mass is 9.88. The van der Waals surface area contributed by atoms with E-state index in [9.17, 15) is 4.79 Å². The van der Waals surface area contributed by atoms with Crippen molar-refractivity contribution in [3.8, 4) is 0 Å². The zero-order valence-electron chi connectivity index (χ0n) is 11.8. The minimum atomic E-state index is -0.452. The molecular formula is C15H18N2O2S. The van der Waals surface area contributed by atoms with Crippen LogP contribution in [0.25, 0.3) is 0 Å². The number of carbonyl (C=O) groups is 1. The normalized spacial score (nSPS) is 22.2. The van der Waals surface area contributed by atoms with E-state index in [-0.39, 0.29) is 18.1 Å². The maximum atomic E-state index is 12.3. The standard InChI is InChI=1S/C15H18N2O2S/c1-9(2)19-14(18)12-10(3)16-15(20)17-13(12)11-7-5-4-6-8-11/h4-9,12-13H,1-3H3,(H,17,20). The molecule has 4 nitrogen and oxygen atoms in total. The van der Waals surface area contributed by atoms with Gasteiger partial charge in [0, 0.05) is 5.71 Å². The molecule has 0 saturated carbocycles. The van der Waals surface area contributed by atoms with Crippen LogP contribution < -0.4 is 5.32 Å². The van der Waals surface area contributed by atoms with Crippen LogP contribution in [0.15, 0.2) is 35.3 Å². The molecule has 0 radical (unpaired) electrons. The third-order valence-electron chi connectivity index (χ3n) is 3.10. The number of benzene rings is 1. The fourth-order valence-electron chi connectivity index (χ4n) is 2.27. The van der Waals surface area contributed by atoms with E-state index >= 15 is 0 Å². The van der Waals surface area contributed by atoms with E-state index in [1.165, 1.54) is 0 Å². The highest BCUT2D eigenvalue weighted by atomic mass is 32.1. The van der Waals surface area contributed by atoms with Crippen LogP contribution >= 0.6 is 12.2 Å². The Morgan fingerprint density at radius 3 is 2.60 bits per heavy atom. The second-order valence-corrected chi connectivity index (χ2v) is 5.44. The monoisotopic (exact) mass is 290 g/mol. The summed E-state index contributed by atoms with van der Waals surface area (Å²) in [4.78, 5) is 16.5. The van der Waals surface area contributed by atoms with Crippen molar-refractivity contribution in [1.82, 2.24) is 5.32 Å². The van der Waals surface area contributed by atoms with Crippen LogP contribution in [0.2, 0.25) is 0 Å². The number of nitrogens with one attached hydrogen (secondary N) is 1. The number of esters is 1. The predicted molar refractivity (Wildman–Crippen MR) is 82.7 cm³/mol. The lowest BCUT2D eigenvalue weighted by Crippen LogP contribution is -2.44. The van der Waals surface area contributed by atoms with E-state index < -0.39 is 5.92 Å². The fourth-order valence-corrected chi connectivity index (χ4v) is 2.54. The van der Waals surface area contributed by atoms with Gasteiger partial charge in [-0.2, -0.15) is 0 Å². The largest absolute Gasteiger partial charge is 0.462 e. The molecule has 1 N–H and O–H groups in total. The smallest absolute Gasteiger partial charge is 0.317 e. The summed E-state index contributed by atoms with van der Waals surface area (Å²) in [6, 6.07) is 9.51. The van der Waals surface area contributed by atoms with Crippen LogP contribution in [-0.2, 0) is 9.53 Å². The Bertz CT molecular complexity index is 540. The van der Waals surface area contributed by atoms with Crippen molar-refractivity contribution < 1.29 is 9.53 Å². The number of hydrogen-bond acceptors (Lipinski definition) is 3. The second kappa shape index (κ2) is 6.13. The number of carbonyl (C=O) groups excluding carboxylic acids is 1. The van der Waals surface area contributed by atoms with Crippen molar-refractivity contribution in [2.24, 2.45) is 10.9 Å². The Balaban J connectivity index is 2.35. The van der Waals surface area contributed by atoms with E-state index in [4.69, 9.17) is 17.0 Å². The Kier molecular flexibility index (Phi) is 4.49. The minimum absolute atomic E-state index is 0.152. The highest BCUT2D eigenvalue weighted by Gasteiger charge is 2.37. The molecule has 0 aromatic heterocycles. The van der Waals surface area contributed by atoms with Crippen molar-refractivity contribution in [3.05, 3.63) is 35.9 Å². The van der Waals surface area contributed by atoms with Gasteiger partial charge in [0.15, 0.2) is 5.11 Å². The van der Waals surface area contributed by atoms with Crippen molar-refractivity contribution >= 4 is 29.0 Å². The van der Waals surface area contributed by atoms with Crippen molar-refractivity contribution in [1.29, 1.82) is 0 Å². The second-order valence-electron chi connectivity index (χ2n) is 5.05. The van der Waals surface area contributed by atoms with Gasteiger partial charge in [0.25, 0.3) is 0 Å². The van der Waals surface area contributed by atoms with Gasteiger partial charge in [-0.1, -0.05) is 30.3 Å². The van der Waals surface area contributed by atoms with E-state index in [0.717, 1.165) is 5.56 Å². The summed E-state index contributed by atoms with van der Waals surface area (Å²) in [6.07, 6.45) is -0.152. The maximum Gasteiger partial charge on any atom is 0.317 e. The maximum absolute atomic E-state index is 12.3. The van der Waals surface area contributed by atoms with E-state index in [1.807, 2.05) is 51.1 Å². The third kappa shape index (κ3) is 3.22. The van der Waals surface area contributed by atoms with Crippen molar-refractivity contribution in [2.45, 2.75) is 32.9 Å². The summed E-state index contributed by atoms with van der Waals surface area (Å²) >= 11 is 5.14. The van der Waals surface area contributed by atoms with Gasteiger partial charge >= 0.3 is 5.97 Å². The first-order valence-electron chi connectivity index (χ1n) is 6.60. The minimum Gasteiger partial charge on any atom is -0.462 e. The Labute approximate surface area is 124 Å². The van der Waals surface area contributed by atoms with Crippen LogP contribution in [0.1, 0.15) is 32.4 Å². The zero-order chi connectivity index (χ0) is 14.7. The molecule has 1 heterocycles. The molecule has 1 aromatic carbocycles. The molecule has 106 valence electrons. The summed E-state index contributed by atoms with van der Waals surface area (Å²) in [7, 11) is 0. The molecule has 0 saturated heterocycles. The van der Waals surface area contributed by atoms with Gasteiger partial charge in [-0.3, -0.25) is 4.79 Å². The number of thiocarbonyl (C=S) groups is 1. The molecule has 1 aliphatic heterocycles. The molecule has 1 aromatic rings. The Morgan fingerprint density at radius 1 is 1.35 bits per heavy atom. The molecule has 20 heavy (non-hydrogen) atoms. The van der Waals surface area contributed by atoms with Crippen molar-refractivity contribution in [3.63, 3.8) is 0 Å². The predicted octanol–water partition coefficient (Wildman–Crippen LogP) is 2.64. The first-order chi connectivity index (χ1) is 9.49. The summed E-state index contributed by atoms with van der Waals surface area (Å²) in [5.74, 6) is -0.725. The molecule has 2 unspecified atom stereocenters. The highest BCUT2D eigenvalue weighted by molar-refractivity contribution is 7.80. The van der Waals surface area contributed by atoms with Gasteiger partial charge < -0.3 is 10.1 Å². The van der Waals surface area contributed by atoms with Crippen LogP contribution in [0.5, 0.6) is 0 Å². The first-order valence-corrected chi connectivity index (χ1v) is 7.01. The first kappa shape index (κ1) is 14.7. The zero-order valence-corrected chi connectivity index (χ0v) is 12.6. The topological polar surface area (TPSA) is 50.7 Å². The van der Waals surface area contributed by atoms with Gasteiger partial charge in [0.05, 0.1) is 12.1 Å². The summed E-state index contributed by atoms with van der Waals surface area (Å²) in [6.45, 7) is 5.49. The molecular weight excluding hydrogens is 272 g/mol. The molecule has 2 atom stereocenters. The SMILES string of the molecule is CC1=NC(=S)NC(c2ccccc2)C1C(=O)OC(C)C. The number of nitrogens with zero attached hydrogens (tertiary/aromatic N) is 1. The van der Waals surface area contributed by atoms with Gasteiger partial charge in [-0.25, -0.2) is 4.99 Å². The molecule has 0 bridgehead atoms. The summed E-state index contributed by atoms with van der Waals surface area (Å²) in [5.41, 5.74) is 1.68. The Morgan fingerprint density at radius 2 is 2.00 bits per heavy atom. The molecule has 5 heteroatoms. The molecule has 0 fully saturated rings. The number of rotatable bonds is 3. The molecule has 0 amide bonds. The molecule has 2 rings (SSSR count). The lowest BCUT2D eigenvalue weighted by Gasteiger charge is -2.31. The van der Waals surface area contributed by atoms with E-state index in [2.05, 4.69) is 10.3 Å². The van der Waals surface area contributed by atoms with E-state index in [0.29, 0.717) is 10.8 Å². The van der Waals surface area contributed by atoms with Crippen LogP contribution in [0, 0.1) is 5.92 Å². The number of ether oxygens (including phenoxy) is 1. The average Bonchev–Trinajstić information content (AvgIpc) is 2.37. The van der Waals surface area contributed by atoms with Gasteiger partial charge in [-0.05, 0) is 38.6 Å². The van der Waals surface area contributed by atoms with Gasteiger partial charge in [0.1, 0.15) is 5.92 Å². The summed E-state index contributed by atoms with van der Waals surface area (Å²) in [5, 5.41) is 3.52. The molecule has 0 spiro atoms. The quantitative estimate of drug-likeness (QED) is 0.687. The fraction of sp³-hybridized carbons (Fsp3) is 0.400. The van der Waals surface area contributed by atoms with Crippen LogP contribution in [0.4, 0.5) is 0 Å². The van der Waals surface area contributed by atoms with E-state index in [1.54, 1.807) is 0 Å². The van der Waals surface area contributed by atoms with Gasteiger partial charge in [-0.15, -0.1) is 0 Å². The summed E-state index contributed by atoms with van der Waals surface area (Å²) < 4.78 is 5.34. The van der Waals surface area contributed by atoms with Crippen LogP contribution in [0.3, 0.4) is 0 Å². The molecule has 1 aliphatic rings. The van der Waals surface area contributed by atoms with Crippen LogP contribution in [-0.4, -0.2) is 22.9 Å². The number of aliphatic imine (C=N–C) groups is 1. The molecule has 0 aliphatic carbocycles. The highest BCUT2D eigenvalue weighted by Crippen LogP contribution is 2.28. The lowest BCUT2D eigenvalue weighted by molar-refractivity contribution is -0.150. The number of hydrogen-bond donors (Lipinski definition) is 1. The Hall–Kier alpha value is -1.75.